The van der Waals surface area contributed by atoms with E-state index in [1.165, 1.54) is 24.9 Å². The Hall–Kier alpha value is -2.20. The molecule has 0 aromatic heterocycles. The van der Waals surface area contributed by atoms with Gasteiger partial charge < -0.3 is 9.84 Å². The number of para-hydroxylation sites is 1. The van der Waals surface area contributed by atoms with E-state index in [0.29, 0.717) is 10.9 Å². The number of carboxylic acid groups (broad SMARTS) is 1. The van der Waals surface area contributed by atoms with Crippen LogP contribution in [0.2, 0.25) is 0 Å². The van der Waals surface area contributed by atoms with Gasteiger partial charge in [-0.25, -0.2) is 9.79 Å². The summed E-state index contributed by atoms with van der Waals surface area (Å²) < 4.78 is 5.07. The van der Waals surface area contributed by atoms with E-state index in [0.717, 1.165) is 0 Å². The Bertz CT molecular complexity index is 523. The number of aromatic carboxylic acids is 1. The number of amidine groups is 1. The fourth-order valence-corrected chi connectivity index (χ4v) is 1.58. The lowest BCUT2D eigenvalue weighted by Crippen LogP contribution is -2.13. The number of nitrogens with one attached hydrogen (secondary N) is 1. The van der Waals surface area contributed by atoms with Crippen molar-refractivity contribution >= 4 is 28.6 Å². The van der Waals surface area contributed by atoms with Crippen molar-refractivity contribution in [3.63, 3.8) is 0 Å². The molecule has 0 aliphatic rings. The highest BCUT2D eigenvalue weighted by Crippen LogP contribution is 2.32. The third-order valence-corrected chi connectivity index (χ3v) is 2.60. The summed E-state index contributed by atoms with van der Waals surface area (Å²) in [6, 6.07) is 4.60. The molecular weight excluding hydrogens is 254 g/mol. The van der Waals surface area contributed by atoms with Crippen molar-refractivity contribution in [2.24, 2.45) is 4.99 Å². The molecule has 1 aromatic carbocycles. The summed E-state index contributed by atoms with van der Waals surface area (Å²) in [5, 5.41) is 20.3. The summed E-state index contributed by atoms with van der Waals surface area (Å²) in [7, 11) is 1.43. The van der Waals surface area contributed by atoms with Gasteiger partial charge in [-0.2, -0.15) is 5.26 Å². The first-order valence-corrected chi connectivity index (χ1v) is 6.04. The number of benzene rings is 1. The summed E-state index contributed by atoms with van der Waals surface area (Å²) >= 11 is 1.20. The Morgan fingerprint density at radius 1 is 1.61 bits per heavy atom. The van der Waals surface area contributed by atoms with Gasteiger partial charge in [-0.15, -0.1) is 0 Å². The van der Waals surface area contributed by atoms with Crippen LogP contribution in [0.25, 0.3) is 0 Å². The molecule has 0 saturated carbocycles. The monoisotopic (exact) mass is 265 g/mol. The number of hydrogen-bond donors (Lipinski definition) is 2. The predicted octanol–water partition coefficient (Wildman–Crippen LogP) is 1.81. The summed E-state index contributed by atoms with van der Waals surface area (Å²) in [6.07, 6.45) is 3.46. The van der Waals surface area contributed by atoms with Gasteiger partial charge in [0.05, 0.1) is 12.7 Å². The molecule has 0 bridgehead atoms. The van der Waals surface area contributed by atoms with E-state index in [9.17, 15) is 4.79 Å². The minimum absolute atomic E-state index is 0.0145. The lowest BCUT2D eigenvalue weighted by atomic mass is 10.1. The molecule has 6 nitrogen and oxygen atoms in total. The van der Waals surface area contributed by atoms with Crippen molar-refractivity contribution in [1.29, 1.82) is 5.26 Å². The molecule has 0 aliphatic heterocycles. The Kier molecular flexibility index (Phi) is 5.02. The molecule has 0 fully saturated rings. The van der Waals surface area contributed by atoms with Crippen LogP contribution in [0, 0.1) is 11.5 Å². The Morgan fingerprint density at radius 3 is 2.83 bits per heavy atom. The molecule has 0 spiro atoms. The number of aliphatic imine (C=N–C) groups is 1. The summed E-state index contributed by atoms with van der Waals surface area (Å²) in [4.78, 5) is 15.2. The van der Waals surface area contributed by atoms with Crippen LogP contribution in [0.15, 0.2) is 23.2 Å². The number of nitrogens with zero attached hydrogens (tertiary/aromatic N) is 2. The van der Waals surface area contributed by atoms with Gasteiger partial charge in [0, 0.05) is 0 Å². The summed E-state index contributed by atoms with van der Waals surface area (Å²) in [6.45, 7) is 0. The lowest BCUT2D eigenvalue weighted by molar-refractivity contribution is 0.0697. The molecular formula is C11H11N3O3S. The number of carboxylic acids is 1. The van der Waals surface area contributed by atoms with Crippen molar-refractivity contribution in [2.75, 3.05) is 13.4 Å². The average Bonchev–Trinajstić information content (AvgIpc) is 2.37. The largest absolute Gasteiger partial charge is 0.494 e. The van der Waals surface area contributed by atoms with Gasteiger partial charge in [0.25, 0.3) is 0 Å². The van der Waals surface area contributed by atoms with Crippen LogP contribution in [-0.4, -0.2) is 29.6 Å². The average molecular weight is 265 g/mol. The second kappa shape index (κ2) is 6.51. The van der Waals surface area contributed by atoms with Gasteiger partial charge in [0.1, 0.15) is 11.4 Å². The highest BCUT2D eigenvalue weighted by Gasteiger charge is 2.14. The van der Waals surface area contributed by atoms with Gasteiger partial charge in [0.2, 0.25) is 0 Å². The minimum atomic E-state index is -1.11. The Balaban J connectivity index is 3.36. The van der Waals surface area contributed by atoms with Crippen LogP contribution in [-0.2, 0) is 0 Å². The number of nitriles is 1. The Labute approximate surface area is 108 Å². The molecule has 7 heteroatoms. The maximum Gasteiger partial charge on any atom is 0.338 e. The third-order valence-electron chi connectivity index (χ3n) is 2.02. The number of ether oxygens (including phenoxy) is 1. The molecule has 18 heavy (non-hydrogen) atoms. The minimum Gasteiger partial charge on any atom is -0.494 e. The van der Waals surface area contributed by atoms with Crippen molar-refractivity contribution in [3.8, 4) is 11.9 Å². The van der Waals surface area contributed by atoms with Crippen LogP contribution in [0.3, 0.4) is 0 Å². The highest BCUT2D eigenvalue weighted by molar-refractivity contribution is 8.13. The van der Waals surface area contributed by atoms with Crippen LogP contribution < -0.4 is 10.1 Å². The molecule has 0 unspecified atom stereocenters. The van der Waals surface area contributed by atoms with E-state index >= 15 is 0 Å². The molecule has 0 atom stereocenters. The zero-order chi connectivity index (χ0) is 13.5. The smallest absolute Gasteiger partial charge is 0.338 e. The molecule has 0 aliphatic carbocycles. The fraction of sp³-hybridized carbons (Fsp3) is 0.182. The van der Waals surface area contributed by atoms with Crippen LogP contribution >= 0.6 is 11.8 Å². The van der Waals surface area contributed by atoms with Gasteiger partial charge in [-0.1, -0.05) is 17.8 Å². The van der Waals surface area contributed by atoms with E-state index < -0.39 is 5.97 Å². The predicted molar refractivity (Wildman–Crippen MR) is 69.3 cm³/mol. The molecule has 0 saturated heterocycles. The number of carbonyl (C=O) groups is 1. The number of rotatable bonds is 3. The first-order valence-electron chi connectivity index (χ1n) is 4.82. The molecule has 1 rings (SSSR count). The molecule has 1 aromatic rings. The van der Waals surface area contributed by atoms with Crippen molar-refractivity contribution in [2.45, 2.75) is 0 Å². The molecule has 94 valence electrons. The zero-order valence-corrected chi connectivity index (χ0v) is 10.6. The van der Waals surface area contributed by atoms with E-state index in [-0.39, 0.29) is 11.3 Å². The molecule has 0 heterocycles. The third kappa shape index (κ3) is 3.15. The van der Waals surface area contributed by atoms with Gasteiger partial charge in [-0.05, 0) is 18.4 Å². The quantitative estimate of drug-likeness (QED) is 0.374. The van der Waals surface area contributed by atoms with E-state index in [1.807, 2.05) is 0 Å². The SMILES string of the molecule is COc1cccc(C(=O)O)c1N=C(NC#N)SC. The first-order chi connectivity index (χ1) is 8.63. The highest BCUT2D eigenvalue weighted by atomic mass is 32.2. The van der Waals surface area contributed by atoms with Crippen LogP contribution in [0.1, 0.15) is 10.4 Å². The first kappa shape index (κ1) is 13.9. The van der Waals surface area contributed by atoms with E-state index in [4.69, 9.17) is 15.1 Å². The lowest BCUT2D eigenvalue weighted by Gasteiger charge is -2.08. The van der Waals surface area contributed by atoms with E-state index in [1.54, 1.807) is 24.6 Å². The maximum atomic E-state index is 11.1. The Morgan fingerprint density at radius 2 is 2.33 bits per heavy atom. The van der Waals surface area contributed by atoms with Gasteiger partial charge >= 0.3 is 5.97 Å². The van der Waals surface area contributed by atoms with Crippen LogP contribution in [0.4, 0.5) is 5.69 Å². The maximum absolute atomic E-state index is 11.1. The number of hydrogen-bond acceptors (Lipinski definition) is 5. The van der Waals surface area contributed by atoms with Crippen molar-refractivity contribution in [3.05, 3.63) is 23.8 Å². The number of methoxy groups -OCH3 is 1. The summed E-state index contributed by atoms with van der Waals surface area (Å²) in [5.74, 6) is -0.772. The zero-order valence-electron chi connectivity index (χ0n) is 9.80. The normalized spacial score (nSPS) is 10.6. The molecule has 0 amide bonds. The van der Waals surface area contributed by atoms with Gasteiger partial charge in [-0.3, -0.25) is 5.32 Å². The van der Waals surface area contributed by atoms with Crippen molar-refractivity contribution in [1.82, 2.24) is 5.32 Å². The van der Waals surface area contributed by atoms with Gasteiger partial charge in [0.15, 0.2) is 11.4 Å². The molecule has 0 radical (unpaired) electrons. The second-order valence-electron chi connectivity index (χ2n) is 3.02. The molecule has 2 N–H and O–H groups in total. The van der Waals surface area contributed by atoms with Crippen molar-refractivity contribution < 1.29 is 14.6 Å². The number of thioether (sulfide) groups is 1. The van der Waals surface area contributed by atoms with Crippen LogP contribution in [0.5, 0.6) is 5.75 Å². The second-order valence-corrected chi connectivity index (χ2v) is 3.81. The standard InChI is InChI=1S/C11H11N3O3S/c1-17-8-5-3-4-7(10(15)16)9(8)14-11(18-2)13-6-12/h3-5H,1-2H3,(H,13,14)(H,15,16). The summed E-state index contributed by atoms with van der Waals surface area (Å²) in [5.41, 5.74) is 0.195. The van der Waals surface area contributed by atoms with E-state index in [2.05, 4.69) is 10.3 Å². The fourth-order valence-electron chi connectivity index (χ4n) is 1.25. The topological polar surface area (TPSA) is 94.7 Å².